The van der Waals surface area contributed by atoms with Gasteiger partial charge in [-0.1, -0.05) is 24.3 Å². The molecule has 0 heterocycles. The molecule has 1 aliphatic carbocycles. The molecule has 0 saturated heterocycles. The number of likely N-dealkylation sites (N-methyl/N-ethyl adjacent to an activating group) is 1. The van der Waals surface area contributed by atoms with Gasteiger partial charge in [0.2, 0.25) is 0 Å². The van der Waals surface area contributed by atoms with E-state index in [9.17, 15) is 0 Å². The van der Waals surface area contributed by atoms with Crippen molar-refractivity contribution in [1.29, 1.82) is 0 Å². The molecule has 0 radical (unpaired) electrons. The van der Waals surface area contributed by atoms with Crippen LogP contribution in [-0.4, -0.2) is 19.7 Å². The first kappa shape index (κ1) is 11.5. The second kappa shape index (κ2) is 4.89. The highest BCUT2D eigenvalue weighted by molar-refractivity contribution is 6.30. The lowest BCUT2D eigenvalue weighted by Crippen LogP contribution is -2.10. The number of rotatable bonds is 5. The lowest BCUT2D eigenvalue weighted by Gasteiger charge is -2.10. The van der Waals surface area contributed by atoms with Crippen LogP contribution in [0.25, 0.3) is 0 Å². The molecule has 2 nitrogen and oxygen atoms in total. The summed E-state index contributed by atoms with van der Waals surface area (Å²) in [5.41, 5.74) is 1.20. The molecular weight excluding hydrogens is 222 g/mol. The number of benzene rings is 1. The Morgan fingerprint density at radius 3 is 3.06 bits per heavy atom. The molecule has 1 N–H and O–H groups in total. The molecule has 1 aromatic rings. The molecule has 3 heteroatoms. The zero-order valence-corrected chi connectivity index (χ0v) is 10.1. The lowest BCUT2D eigenvalue weighted by atomic mass is 10.1. The minimum atomic E-state index is 0.531. The Hall–Kier alpha value is -0.990. The van der Waals surface area contributed by atoms with Crippen molar-refractivity contribution in [1.82, 2.24) is 5.32 Å². The third kappa shape index (κ3) is 2.39. The topological polar surface area (TPSA) is 21.3 Å². The predicted octanol–water partition coefficient (Wildman–Crippen LogP) is 2.98. The van der Waals surface area contributed by atoms with E-state index in [1.54, 1.807) is 6.08 Å². The number of hydrogen-bond acceptors (Lipinski definition) is 2. The molecule has 1 aliphatic rings. The Morgan fingerprint density at radius 2 is 2.44 bits per heavy atom. The van der Waals surface area contributed by atoms with Crippen LogP contribution in [0, 0.1) is 0 Å². The Morgan fingerprint density at radius 1 is 1.62 bits per heavy atom. The van der Waals surface area contributed by atoms with Gasteiger partial charge in [-0.3, -0.25) is 0 Å². The Kier molecular flexibility index (Phi) is 3.52. The summed E-state index contributed by atoms with van der Waals surface area (Å²) in [6.45, 7) is 4.18. The molecule has 0 bridgehead atoms. The molecule has 1 fully saturated rings. The van der Waals surface area contributed by atoms with E-state index in [0.717, 1.165) is 17.2 Å². The van der Waals surface area contributed by atoms with Crippen molar-refractivity contribution in [3.05, 3.63) is 41.4 Å². The molecule has 0 aliphatic heterocycles. The van der Waals surface area contributed by atoms with Gasteiger partial charge in [-0.25, -0.2) is 0 Å². The van der Waals surface area contributed by atoms with Crippen molar-refractivity contribution in [3.8, 4) is 5.75 Å². The van der Waals surface area contributed by atoms with Gasteiger partial charge in [0, 0.05) is 22.5 Å². The summed E-state index contributed by atoms with van der Waals surface area (Å²) in [5.74, 6) is 1.45. The third-order valence-electron chi connectivity index (χ3n) is 2.89. The molecule has 16 heavy (non-hydrogen) atoms. The molecule has 1 saturated carbocycles. The van der Waals surface area contributed by atoms with Gasteiger partial charge in [0.15, 0.2) is 0 Å². The van der Waals surface area contributed by atoms with Crippen LogP contribution in [0.2, 0.25) is 5.02 Å². The molecule has 2 atom stereocenters. The van der Waals surface area contributed by atoms with Crippen LogP contribution < -0.4 is 10.1 Å². The predicted molar refractivity (Wildman–Crippen MR) is 67.3 cm³/mol. The minimum absolute atomic E-state index is 0.531. The number of ether oxygens (including phenoxy) is 1. The summed E-state index contributed by atoms with van der Waals surface area (Å²) >= 11 is 6.02. The normalized spacial score (nSPS) is 22.9. The Balaban J connectivity index is 2.19. The van der Waals surface area contributed by atoms with E-state index >= 15 is 0 Å². The van der Waals surface area contributed by atoms with Crippen LogP contribution in [0.15, 0.2) is 30.9 Å². The van der Waals surface area contributed by atoms with Gasteiger partial charge in [-0.15, -0.1) is 0 Å². The SMILES string of the molecule is C=CCOc1ccc(Cl)cc1C1CC1NC. The average Bonchev–Trinajstić information content (AvgIpc) is 3.06. The molecule has 1 aromatic carbocycles. The van der Waals surface area contributed by atoms with Gasteiger partial charge >= 0.3 is 0 Å². The average molecular weight is 238 g/mol. The van der Waals surface area contributed by atoms with Gasteiger partial charge in [0.05, 0.1) is 0 Å². The van der Waals surface area contributed by atoms with Gasteiger partial charge < -0.3 is 10.1 Å². The molecule has 86 valence electrons. The maximum absolute atomic E-state index is 6.02. The Bertz CT molecular complexity index is 392. The smallest absolute Gasteiger partial charge is 0.123 e. The van der Waals surface area contributed by atoms with Crippen molar-refractivity contribution in [2.45, 2.75) is 18.4 Å². The Labute approximate surface area is 101 Å². The van der Waals surface area contributed by atoms with E-state index in [-0.39, 0.29) is 0 Å². The van der Waals surface area contributed by atoms with Crippen molar-refractivity contribution in [2.75, 3.05) is 13.7 Å². The van der Waals surface area contributed by atoms with Crippen molar-refractivity contribution >= 4 is 11.6 Å². The fourth-order valence-electron chi connectivity index (χ4n) is 1.95. The van der Waals surface area contributed by atoms with Crippen molar-refractivity contribution in [2.24, 2.45) is 0 Å². The number of halogens is 1. The quantitative estimate of drug-likeness (QED) is 0.795. The molecule has 0 amide bonds. The first-order chi connectivity index (χ1) is 7.76. The maximum atomic E-state index is 6.02. The van der Waals surface area contributed by atoms with E-state index in [1.807, 2.05) is 25.2 Å². The largest absolute Gasteiger partial charge is 0.489 e. The maximum Gasteiger partial charge on any atom is 0.123 e. The van der Waals surface area contributed by atoms with Gasteiger partial charge in [-0.05, 0) is 31.7 Å². The van der Waals surface area contributed by atoms with Gasteiger partial charge in [0.1, 0.15) is 12.4 Å². The highest BCUT2D eigenvalue weighted by Gasteiger charge is 2.38. The van der Waals surface area contributed by atoms with Gasteiger partial charge in [0.25, 0.3) is 0 Å². The fourth-order valence-corrected chi connectivity index (χ4v) is 2.13. The first-order valence-corrected chi connectivity index (χ1v) is 5.84. The summed E-state index contributed by atoms with van der Waals surface area (Å²) < 4.78 is 5.63. The van der Waals surface area contributed by atoms with E-state index in [2.05, 4.69) is 11.9 Å². The highest BCUT2D eigenvalue weighted by Crippen LogP contribution is 2.45. The number of hydrogen-bond donors (Lipinski definition) is 1. The molecular formula is C13H16ClNO. The summed E-state index contributed by atoms with van der Waals surface area (Å²) in [5, 5.41) is 4.04. The van der Waals surface area contributed by atoms with Gasteiger partial charge in [-0.2, -0.15) is 0 Å². The second-order valence-electron chi connectivity index (χ2n) is 4.02. The zero-order chi connectivity index (χ0) is 11.5. The van der Waals surface area contributed by atoms with E-state index in [0.29, 0.717) is 18.6 Å². The van der Waals surface area contributed by atoms with E-state index < -0.39 is 0 Å². The molecule has 0 aromatic heterocycles. The zero-order valence-electron chi connectivity index (χ0n) is 9.37. The van der Waals surface area contributed by atoms with Crippen LogP contribution >= 0.6 is 11.6 Å². The second-order valence-corrected chi connectivity index (χ2v) is 4.46. The molecule has 2 rings (SSSR count). The summed E-state index contributed by atoms with van der Waals surface area (Å²) in [6.07, 6.45) is 2.90. The van der Waals surface area contributed by atoms with Crippen LogP contribution in [0.4, 0.5) is 0 Å². The van der Waals surface area contributed by atoms with Crippen molar-refractivity contribution in [3.63, 3.8) is 0 Å². The minimum Gasteiger partial charge on any atom is -0.489 e. The third-order valence-corrected chi connectivity index (χ3v) is 3.12. The molecule has 2 unspecified atom stereocenters. The van der Waals surface area contributed by atoms with Crippen LogP contribution in [-0.2, 0) is 0 Å². The highest BCUT2D eigenvalue weighted by atomic mass is 35.5. The summed E-state index contributed by atoms with van der Waals surface area (Å²) in [7, 11) is 1.99. The summed E-state index contributed by atoms with van der Waals surface area (Å²) in [4.78, 5) is 0. The van der Waals surface area contributed by atoms with E-state index in [1.165, 1.54) is 5.56 Å². The van der Waals surface area contributed by atoms with Crippen molar-refractivity contribution < 1.29 is 4.74 Å². The molecule has 0 spiro atoms. The lowest BCUT2D eigenvalue weighted by molar-refractivity contribution is 0.359. The standard InChI is InChI=1S/C13H16ClNO/c1-3-6-16-13-5-4-9(14)7-11(13)10-8-12(10)15-2/h3-5,7,10,12,15H,1,6,8H2,2H3. The van der Waals surface area contributed by atoms with Crippen LogP contribution in [0.3, 0.4) is 0 Å². The van der Waals surface area contributed by atoms with Crippen LogP contribution in [0.5, 0.6) is 5.75 Å². The monoisotopic (exact) mass is 237 g/mol. The number of nitrogens with one attached hydrogen (secondary N) is 1. The van der Waals surface area contributed by atoms with E-state index in [4.69, 9.17) is 16.3 Å². The summed E-state index contributed by atoms with van der Waals surface area (Å²) in [6, 6.07) is 6.36. The first-order valence-electron chi connectivity index (χ1n) is 5.46. The van der Waals surface area contributed by atoms with Crippen LogP contribution in [0.1, 0.15) is 17.9 Å². The fraction of sp³-hybridized carbons (Fsp3) is 0.385.